The Labute approximate surface area is 124 Å². The molecule has 0 unspecified atom stereocenters. The fourth-order valence-electron chi connectivity index (χ4n) is 2.60. The first-order valence-corrected chi connectivity index (χ1v) is 7.01. The van der Waals surface area contributed by atoms with Gasteiger partial charge in [0, 0.05) is 38.0 Å². The molecule has 0 saturated heterocycles. The minimum atomic E-state index is -0.00385. The lowest BCUT2D eigenvalue weighted by Gasteiger charge is -2.12. The topological polar surface area (TPSA) is 60.9 Å². The Hall–Kier alpha value is -2.46. The molecule has 2 aromatic heterocycles. The normalized spacial score (nSPS) is 11.0. The number of benzene rings is 1. The molecule has 0 radical (unpaired) electrons. The first kappa shape index (κ1) is 13.5. The molecule has 3 aromatic rings. The summed E-state index contributed by atoms with van der Waals surface area (Å²) < 4.78 is 1.78. The quantitative estimate of drug-likeness (QED) is 0.803. The molecule has 0 bridgehead atoms. The lowest BCUT2D eigenvalue weighted by atomic mass is 10.0. The summed E-state index contributed by atoms with van der Waals surface area (Å²) in [5, 5.41) is 1.03. The average Bonchev–Trinajstić information content (AvgIpc) is 2.54. The van der Waals surface area contributed by atoms with E-state index in [0.717, 1.165) is 22.0 Å². The van der Waals surface area contributed by atoms with Crippen LogP contribution < -0.4 is 11.3 Å². The molecule has 108 valence electrons. The fourth-order valence-corrected chi connectivity index (χ4v) is 2.60. The standard InChI is InChI=1S/C17H17N3O.H2/c1-2-20-16-9-12(14-4-3-7-19-11-14)5-6-13(16)8-15(10-18)17(20)21;/h3-9,11H,2,10,18H2,1H3;1H. The maximum atomic E-state index is 12.4. The van der Waals surface area contributed by atoms with E-state index in [2.05, 4.69) is 4.98 Å². The van der Waals surface area contributed by atoms with Crippen LogP contribution in [0.1, 0.15) is 13.9 Å². The van der Waals surface area contributed by atoms with E-state index >= 15 is 0 Å². The van der Waals surface area contributed by atoms with Crippen molar-refractivity contribution in [3.05, 3.63) is 64.7 Å². The van der Waals surface area contributed by atoms with Gasteiger partial charge in [-0.15, -0.1) is 0 Å². The van der Waals surface area contributed by atoms with Gasteiger partial charge in [0.1, 0.15) is 0 Å². The molecule has 4 nitrogen and oxygen atoms in total. The fraction of sp³-hybridized carbons (Fsp3) is 0.176. The van der Waals surface area contributed by atoms with E-state index in [9.17, 15) is 4.79 Å². The summed E-state index contributed by atoms with van der Waals surface area (Å²) in [5.74, 6) is 0. The molecule has 1 aromatic carbocycles. The van der Waals surface area contributed by atoms with Crippen molar-refractivity contribution in [2.45, 2.75) is 20.0 Å². The third-order valence-corrected chi connectivity index (χ3v) is 3.70. The van der Waals surface area contributed by atoms with Crippen LogP contribution in [0.3, 0.4) is 0 Å². The zero-order valence-electron chi connectivity index (χ0n) is 11.9. The highest BCUT2D eigenvalue weighted by Crippen LogP contribution is 2.23. The highest BCUT2D eigenvalue weighted by molar-refractivity contribution is 5.85. The van der Waals surface area contributed by atoms with Crippen molar-refractivity contribution < 1.29 is 1.43 Å². The molecule has 0 saturated carbocycles. The third-order valence-electron chi connectivity index (χ3n) is 3.70. The first-order chi connectivity index (χ1) is 10.2. The van der Waals surface area contributed by atoms with Gasteiger partial charge in [0.2, 0.25) is 0 Å². The predicted molar refractivity (Wildman–Crippen MR) is 87.1 cm³/mol. The summed E-state index contributed by atoms with van der Waals surface area (Å²) in [7, 11) is 0. The van der Waals surface area contributed by atoms with Crippen LogP contribution in [0.2, 0.25) is 0 Å². The Balaban J connectivity index is 0.00000176. The minimum Gasteiger partial charge on any atom is -0.326 e. The van der Waals surface area contributed by atoms with Crippen LogP contribution in [0.5, 0.6) is 0 Å². The number of aryl methyl sites for hydroxylation is 1. The van der Waals surface area contributed by atoms with Gasteiger partial charge in [-0.1, -0.05) is 18.2 Å². The number of hydrogen-bond donors (Lipinski definition) is 1. The van der Waals surface area contributed by atoms with Gasteiger partial charge < -0.3 is 10.3 Å². The van der Waals surface area contributed by atoms with Gasteiger partial charge in [0.25, 0.3) is 5.56 Å². The summed E-state index contributed by atoms with van der Waals surface area (Å²) in [5.41, 5.74) is 9.34. The maximum Gasteiger partial charge on any atom is 0.255 e. The molecule has 0 spiro atoms. The lowest BCUT2D eigenvalue weighted by Crippen LogP contribution is -2.25. The largest absolute Gasteiger partial charge is 0.326 e. The second-order valence-electron chi connectivity index (χ2n) is 4.94. The monoisotopic (exact) mass is 281 g/mol. The smallest absolute Gasteiger partial charge is 0.255 e. The number of hydrogen-bond acceptors (Lipinski definition) is 3. The van der Waals surface area contributed by atoms with Crippen LogP contribution in [0.25, 0.3) is 22.0 Å². The van der Waals surface area contributed by atoms with Gasteiger partial charge in [-0.2, -0.15) is 0 Å². The molecule has 2 N–H and O–H groups in total. The summed E-state index contributed by atoms with van der Waals surface area (Å²) in [6.07, 6.45) is 3.57. The van der Waals surface area contributed by atoms with Gasteiger partial charge in [0.15, 0.2) is 0 Å². The van der Waals surface area contributed by atoms with E-state index in [1.807, 2.05) is 49.5 Å². The van der Waals surface area contributed by atoms with Crippen LogP contribution in [0.4, 0.5) is 0 Å². The number of nitrogens with zero attached hydrogens (tertiary/aromatic N) is 2. The summed E-state index contributed by atoms with van der Waals surface area (Å²) in [6, 6.07) is 11.9. The summed E-state index contributed by atoms with van der Waals surface area (Å²) in [4.78, 5) is 16.5. The first-order valence-electron chi connectivity index (χ1n) is 7.01. The van der Waals surface area contributed by atoms with E-state index in [0.29, 0.717) is 12.1 Å². The molecule has 0 atom stereocenters. The minimum absolute atomic E-state index is 0. The Morgan fingerprint density at radius 3 is 2.76 bits per heavy atom. The zero-order valence-corrected chi connectivity index (χ0v) is 11.9. The number of pyridine rings is 2. The summed E-state index contributed by atoms with van der Waals surface area (Å²) >= 11 is 0. The second kappa shape index (κ2) is 5.50. The summed E-state index contributed by atoms with van der Waals surface area (Å²) in [6.45, 7) is 2.86. The van der Waals surface area contributed by atoms with Crippen LogP contribution >= 0.6 is 0 Å². The molecular weight excluding hydrogens is 262 g/mol. The van der Waals surface area contributed by atoms with Crippen molar-refractivity contribution in [2.24, 2.45) is 5.73 Å². The van der Waals surface area contributed by atoms with Crippen LogP contribution in [-0.4, -0.2) is 9.55 Å². The van der Waals surface area contributed by atoms with Crippen LogP contribution in [-0.2, 0) is 13.1 Å². The molecule has 21 heavy (non-hydrogen) atoms. The predicted octanol–water partition coefficient (Wildman–Crippen LogP) is 2.79. The highest BCUT2D eigenvalue weighted by Gasteiger charge is 2.08. The van der Waals surface area contributed by atoms with Crippen LogP contribution in [0, 0.1) is 0 Å². The Morgan fingerprint density at radius 1 is 1.24 bits per heavy atom. The van der Waals surface area contributed by atoms with E-state index in [1.165, 1.54) is 0 Å². The molecule has 2 heterocycles. The van der Waals surface area contributed by atoms with Gasteiger partial charge in [-0.3, -0.25) is 9.78 Å². The van der Waals surface area contributed by atoms with Crippen molar-refractivity contribution in [1.82, 2.24) is 9.55 Å². The molecule has 4 heteroatoms. The second-order valence-corrected chi connectivity index (χ2v) is 4.94. The lowest BCUT2D eigenvalue weighted by molar-refractivity contribution is 0.746. The van der Waals surface area contributed by atoms with Crippen molar-refractivity contribution in [2.75, 3.05) is 0 Å². The molecule has 3 rings (SSSR count). The Morgan fingerprint density at radius 2 is 2.10 bits per heavy atom. The number of rotatable bonds is 3. The zero-order chi connectivity index (χ0) is 14.8. The highest BCUT2D eigenvalue weighted by atomic mass is 16.1. The molecule has 0 aliphatic carbocycles. The number of fused-ring (bicyclic) bond motifs is 1. The average molecular weight is 281 g/mol. The number of aromatic nitrogens is 2. The number of nitrogens with two attached hydrogens (primary N) is 1. The van der Waals surface area contributed by atoms with Crippen molar-refractivity contribution in [1.29, 1.82) is 0 Å². The molecule has 0 aliphatic rings. The van der Waals surface area contributed by atoms with E-state index in [-0.39, 0.29) is 13.5 Å². The SMILES string of the molecule is CCn1c(=O)c(CN)cc2ccc(-c3cccnc3)cc21.[HH]. The van der Waals surface area contributed by atoms with Crippen molar-refractivity contribution in [3.8, 4) is 11.1 Å². The van der Waals surface area contributed by atoms with Crippen molar-refractivity contribution >= 4 is 10.9 Å². The maximum absolute atomic E-state index is 12.4. The molecule has 0 aliphatic heterocycles. The van der Waals surface area contributed by atoms with E-state index < -0.39 is 0 Å². The third kappa shape index (κ3) is 2.34. The molecule has 0 fully saturated rings. The van der Waals surface area contributed by atoms with Gasteiger partial charge in [0.05, 0.1) is 5.52 Å². The molecular formula is C17H19N3O. The van der Waals surface area contributed by atoms with Gasteiger partial charge >= 0.3 is 0 Å². The van der Waals surface area contributed by atoms with Crippen molar-refractivity contribution in [3.63, 3.8) is 0 Å². The van der Waals surface area contributed by atoms with Gasteiger partial charge in [-0.05, 0) is 36.1 Å². The Bertz CT molecular complexity index is 844. The van der Waals surface area contributed by atoms with E-state index in [4.69, 9.17) is 5.73 Å². The molecule has 0 amide bonds. The van der Waals surface area contributed by atoms with Gasteiger partial charge in [-0.25, -0.2) is 0 Å². The van der Waals surface area contributed by atoms with Crippen LogP contribution in [0.15, 0.2) is 53.6 Å². The Kier molecular flexibility index (Phi) is 3.54. The van der Waals surface area contributed by atoms with E-state index in [1.54, 1.807) is 10.8 Å².